The molecule has 0 spiro atoms. The minimum atomic E-state index is -0.430. The smallest absolute Gasteiger partial charge is 0.337 e. The molecular formula is C19H17N3O3. The zero-order valence-electron chi connectivity index (χ0n) is 13.7. The van der Waals surface area contributed by atoms with E-state index in [0.29, 0.717) is 17.7 Å². The van der Waals surface area contributed by atoms with Gasteiger partial charge in [0.2, 0.25) is 0 Å². The third-order valence-electron chi connectivity index (χ3n) is 3.68. The first-order chi connectivity index (χ1) is 12.2. The van der Waals surface area contributed by atoms with Crippen LogP contribution in [0.15, 0.2) is 67.0 Å². The van der Waals surface area contributed by atoms with Gasteiger partial charge in [0, 0.05) is 23.9 Å². The van der Waals surface area contributed by atoms with Crippen LogP contribution in [0.1, 0.15) is 26.3 Å². The summed E-state index contributed by atoms with van der Waals surface area (Å²) in [7, 11) is 1.32. The summed E-state index contributed by atoms with van der Waals surface area (Å²) >= 11 is 0. The number of carbonyl (C=O) groups excluding carboxylic acids is 2. The summed E-state index contributed by atoms with van der Waals surface area (Å²) in [5.41, 5.74) is 2.73. The quantitative estimate of drug-likeness (QED) is 0.727. The van der Waals surface area contributed by atoms with Crippen molar-refractivity contribution in [3.63, 3.8) is 0 Å². The normalized spacial score (nSPS) is 10.3. The van der Waals surface area contributed by atoms with Crippen molar-refractivity contribution in [3.05, 3.63) is 83.7 Å². The van der Waals surface area contributed by atoms with Gasteiger partial charge < -0.3 is 10.1 Å². The number of esters is 1. The Bertz CT molecular complexity index is 870. The van der Waals surface area contributed by atoms with Gasteiger partial charge in [-0.05, 0) is 36.4 Å². The Morgan fingerprint density at radius 2 is 1.72 bits per heavy atom. The predicted molar refractivity (Wildman–Crippen MR) is 92.5 cm³/mol. The fraction of sp³-hybridized carbons (Fsp3) is 0.105. The Labute approximate surface area is 145 Å². The Hall–Kier alpha value is -3.41. The summed E-state index contributed by atoms with van der Waals surface area (Å²) in [6, 6.07) is 16.1. The highest BCUT2D eigenvalue weighted by molar-refractivity contribution is 5.96. The number of benzene rings is 2. The Balaban J connectivity index is 1.61. The summed E-state index contributed by atoms with van der Waals surface area (Å²) in [6.45, 7) is 0.365. The molecular weight excluding hydrogens is 318 g/mol. The van der Waals surface area contributed by atoms with E-state index < -0.39 is 5.97 Å². The van der Waals surface area contributed by atoms with E-state index in [0.717, 1.165) is 11.3 Å². The van der Waals surface area contributed by atoms with E-state index in [9.17, 15) is 9.59 Å². The maximum Gasteiger partial charge on any atom is 0.337 e. The van der Waals surface area contributed by atoms with Crippen molar-refractivity contribution in [3.8, 4) is 5.69 Å². The molecule has 6 heteroatoms. The van der Waals surface area contributed by atoms with Crippen LogP contribution in [0, 0.1) is 0 Å². The van der Waals surface area contributed by atoms with Gasteiger partial charge in [-0.3, -0.25) is 4.79 Å². The summed E-state index contributed by atoms with van der Waals surface area (Å²) < 4.78 is 6.39. The van der Waals surface area contributed by atoms with Crippen molar-refractivity contribution in [2.24, 2.45) is 0 Å². The molecule has 1 amide bonds. The maximum absolute atomic E-state index is 12.2. The summed E-state index contributed by atoms with van der Waals surface area (Å²) in [6.07, 6.45) is 3.59. The molecule has 0 bridgehead atoms. The molecule has 25 heavy (non-hydrogen) atoms. The lowest BCUT2D eigenvalue weighted by Gasteiger charge is -2.05. The SMILES string of the molecule is COC(=O)c1ccc(C(=O)NCc2cnn(-c3ccccc3)c2)cc1. The number of nitrogens with zero attached hydrogens (tertiary/aromatic N) is 2. The topological polar surface area (TPSA) is 73.2 Å². The van der Waals surface area contributed by atoms with Gasteiger partial charge >= 0.3 is 5.97 Å². The molecule has 0 aliphatic heterocycles. The summed E-state index contributed by atoms with van der Waals surface area (Å²) in [5, 5.41) is 7.13. The van der Waals surface area contributed by atoms with Crippen molar-refractivity contribution in [2.75, 3.05) is 7.11 Å². The van der Waals surface area contributed by atoms with E-state index >= 15 is 0 Å². The molecule has 0 saturated carbocycles. The van der Waals surface area contributed by atoms with Crippen molar-refractivity contribution in [1.82, 2.24) is 15.1 Å². The van der Waals surface area contributed by atoms with Gasteiger partial charge in [-0.25, -0.2) is 9.48 Å². The van der Waals surface area contributed by atoms with Crippen molar-refractivity contribution < 1.29 is 14.3 Å². The number of nitrogens with one attached hydrogen (secondary N) is 1. The first-order valence-electron chi connectivity index (χ1n) is 7.73. The molecule has 0 radical (unpaired) electrons. The molecule has 2 aromatic carbocycles. The second-order valence-corrected chi connectivity index (χ2v) is 5.38. The van der Waals surface area contributed by atoms with Crippen molar-refractivity contribution in [1.29, 1.82) is 0 Å². The number of ether oxygens (including phenoxy) is 1. The highest BCUT2D eigenvalue weighted by Crippen LogP contribution is 2.09. The minimum absolute atomic E-state index is 0.219. The molecule has 1 N–H and O–H groups in total. The van der Waals surface area contributed by atoms with Gasteiger partial charge in [-0.2, -0.15) is 5.10 Å². The second kappa shape index (κ2) is 7.44. The molecule has 3 rings (SSSR count). The zero-order chi connectivity index (χ0) is 17.6. The van der Waals surface area contributed by atoms with Crippen LogP contribution in [0.2, 0.25) is 0 Å². The van der Waals surface area contributed by atoms with Gasteiger partial charge in [0.15, 0.2) is 0 Å². The molecule has 0 saturated heterocycles. The highest BCUT2D eigenvalue weighted by Gasteiger charge is 2.09. The van der Waals surface area contributed by atoms with Gasteiger partial charge in [-0.15, -0.1) is 0 Å². The van der Waals surface area contributed by atoms with E-state index in [2.05, 4.69) is 15.2 Å². The third-order valence-corrected chi connectivity index (χ3v) is 3.68. The van der Waals surface area contributed by atoms with Crippen molar-refractivity contribution >= 4 is 11.9 Å². The molecule has 126 valence electrons. The number of carbonyl (C=O) groups is 2. The van der Waals surface area contributed by atoms with Gasteiger partial charge in [-0.1, -0.05) is 18.2 Å². The molecule has 0 atom stereocenters. The molecule has 0 aliphatic rings. The number of hydrogen-bond donors (Lipinski definition) is 1. The van der Waals surface area contributed by atoms with Crippen LogP contribution >= 0.6 is 0 Å². The van der Waals surface area contributed by atoms with Crippen molar-refractivity contribution in [2.45, 2.75) is 6.54 Å². The Morgan fingerprint density at radius 3 is 2.40 bits per heavy atom. The molecule has 1 heterocycles. The molecule has 1 aromatic heterocycles. The maximum atomic E-state index is 12.2. The first-order valence-corrected chi connectivity index (χ1v) is 7.73. The lowest BCUT2D eigenvalue weighted by atomic mass is 10.1. The third kappa shape index (κ3) is 3.92. The fourth-order valence-corrected chi connectivity index (χ4v) is 2.33. The Morgan fingerprint density at radius 1 is 1.04 bits per heavy atom. The van der Waals surface area contributed by atoms with E-state index in [1.54, 1.807) is 35.1 Å². The average Bonchev–Trinajstić information content (AvgIpc) is 3.15. The molecule has 0 aliphatic carbocycles. The van der Waals surface area contributed by atoms with Crippen LogP contribution in [0.3, 0.4) is 0 Å². The molecule has 0 fully saturated rings. The fourth-order valence-electron chi connectivity index (χ4n) is 2.33. The minimum Gasteiger partial charge on any atom is -0.465 e. The summed E-state index contributed by atoms with van der Waals surface area (Å²) in [5.74, 6) is -0.649. The molecule has 3 aromatic rings. The van der Waals surface area contributed by atoms with Gasteiger partial charge in [0.25, 0.3) is 5.91 Å². The number of rotatable bonds is 5. The lowest BCUT2D eigenvalue weighted by molar-refractivity contribution is 0.0600. The van der Waals surface area contributed by atoms with Crippen LogP contribution in [0.25, 0.3) is 5.69 Å². The van der Waals surface area contributed by atoms with E-state index in [4.69, 9.17) is 0 Å². The number of aromatic nitrogens is 2. The highest BCUT2D eigenvalue weighted by atomic mass is 16.5. The molecule has 6 nitrogen and oxygen atoms in total. The van der Waals surface area contributed by atoms with E-state index in [-0.39, 0.29) is 5.91 Å². The van der Waals surface area contributed by atoms with Gasteiger partial charge in [0.1, 0.15) is 0 Å². The standard InChI is InChI=1S/C19H17N3O3/c1-25-19(24)16-9-7-15(8-10-16)18(23)20-11-14-12-21-22(13-14)17-5-3-2-4-6-17/h2-10,12-13H,11H2,1H3,(H,20,23). The van der Waals surface area contributed by atoms with Crippen LogP contribution in [-0.2, 0) is 11.3 Å². The van der Waals surface area contributed by atoms with Crippen LogP contribution in [-0.4, -0.2) is 28.8 Å². The first kappa shape index (κ1) is 16.4. The zero-order valence-corrected chi connectivity index (χ0v) is 13.7. The Kier molecular flexibility index (Phi) is 4.89. The number of para-hydroxylation sites is 1. The second-order valence-electron chi connectivity index (χ2n) is 5.38. The molecule has 0 unspecified atom stereocenters. The van der Waals surface area contributed by atoms with Crippen LogP contribution < -0.4 is 5.32 Å². The summed E-state index contributed by atoms with van der Waals surface area (Å²) in [4.78, 5) is 23.6. The monoisotopic (exact) mass is 335 g/mol. The largest absolute Gasteiger partial charge is 0.465 e. The number of hydrogen-bond acceptors (Lipinski definition) is 4. The number of methoxy groups -OCH3 is 1. The average molecular weight is 335 g/mol. The lowest BCUT2D eigenvalue weighted by Crippen LogP contribution is -2.22. The number of amides is 1. The van der Waals surface area contributed by atoms with Crippen LogP contribution in [0.4, 0.5) is 0 Å². The van der Waals surface area contributed by atoms with E-state index in [1.165, 1.54) is 7.11 Å². The van der Waals surface area contributed by atoms with Gasteiger partial charge in [0.05, 0.1) is 24.6 Å². The predicted octanol–water partition coefficient (Wildman–Crippen LogP) is 2.59. The van der Waals surface area contributed by atoms with E-state index in [1.807, 2.05) is 36.5 Å². The van der Waals surface area contributed by atoms with Crippen LogP contribution in [0.5, 0.6) is 0 Å².